The first kappa shape index (κ1) is 91.9. The van der Waals surface area contributed by atoms with Crippen molar-refractivity contribution in [2.24, 2.45) is 22.1 Å². The van der Waals surface area contributed by atoms with Gasteiger partial charge < -0.3 is 54.1 Å². The van der Waals surface area contributed by atoms with E-state index in [-0.39, 0.29) is 60.5 Å². The molecular formula is C65H107F5N4O16S. The number of nitrogens with one attached hydrogen (secondary N) is 1. The molecule has 1 aliphatic rings. The van der Waals surface area contributed by atoms with Crippen LogP contribution in [0.2, 0.25) is 0 Å². The third-order valence-corrected chi connectivity index (χ3v) is 13.4. The Labute approximate surface area is 540 Å². The Bertz CT molecular complexity index is 2340. The van der Waals surface area contributed by atoms with Crippen LogP contribution in [0, 0.1) is 23.0 Å². The number of ether oxygens (including phenoxy) is 8. The van der Waals surface area contributed by atoms with Crippen LogP contribution in [0.1, 0.15) is 127 Å². The van der Waals surface area contributed by atoms with Gasteiger partial charge in [0.25, 0.3) is 11.8 Å². The molecule has 1 heterocycles. The minimum atomic E-state index is -5.08. The van der Waals surface area contributed by atoms with Gasteiger partial charge in [0.15, 0.2) is 0 Å². The third-order valence-electron chi connectivity index (χ3n) is 11.8. The highest BCUT2D eigenvalue weighted by Gasteiger charge is 2.38. The van der Waals surface area contributed by atoms with Crippen LogP contribution in [-0.4, -0.2) is 198 Å². The van der Waals surface area contributed by atoms with Crippen molar-refractivity contribution in [2.45, 2.75) is 128 Å². The second-order valence-electron chi connectivity index (χ2n) is 20.5. The third kappa shape index (κ3) is 56.9. The number of allylic oxidation sites excluding steroid dienone is 1. The largest absolute Gasteiger partial charge is 0.490 e. The van der Waals surface area contributed by atoms with Crippen molar-refractivity contribution < 1.29 is 97.9 Å². The Kier molecular flexibility index (Phi) is 60.0. The fourth-order valence-electron chi connectivity index (χ4n) is 6.41. The average Bonchev–Trinajstić information content (AvgIpc) is 1.31. The molecule has 3 amide bonds. The number of carbonyl (C=O) groups is 6. The van der Waals surface area contributed by atoms with Crippen LogP contribution in [-0.2, 0) is 83.9 Å². The zero-order chi connectivity index (χ0) is 68.6. The molecule has 0 bridgehead atoms. The standard InChI is InChI=1S/C27H46N2O12.C17H23F2N.C8H10.C6H12O2S.C4H11N.C2HF3O2.CH4/c1-24(30)5-8-34-10-12-36-14-16-38-18-20-40-22-23-41-21-19-39-17-15-37-13-11-35-9-6-28-25(31)4-7-29-26(32)2-3-27(29)33;1-7-16(14-10-13(18)8-9-15(14)19)20-12(3)11(2)17(4,5)6;1-2-8-6-4-3-5-7-8;1-3-4-9(8)5-6(2)7;1-2-3-4-5;3-2(4,5)1(6)7;/h2-3H,4-23H2,1H3,(H,28,31);7-11H,1-6H3;3-7H,2H2,1H3;3-5H2,1-2H3;2-5H2,1H3;(H,6,7);1H4/b;16-7-,20-12?;;;;;. The molecule has 0 saturated heterocycles. The summed E-state index contributed by atoms with van der Waals surface area (Å²) < 4.78 is 113. The maximum atomic E-state index is 13.8. The Balaban J connectivity index is -0.000000615. The second-order valence-corrected chi connectivity index (χ2v) is 22.1. The quantitative estimate of drug-likeness (QED) is 0.0242. The lowest BCUT2D eigenvalue weighted by Crippen LogP contribution is -2.35. The predicted molar refractivity (Wildman–Crippen MR) is 346 cm³/mol. The van der Waals surface area contributed by atoms with Crippen LogP contribution in [0.3, 0.4) is 0 Å². The zero-order valence-electron chi connectivity index (χ0n) is 54.9. The molecule has 20 nitrogen and oxygen atoms in total. The molecule has 26 heteroatoms. The molecule has 0 fully saturated rings. The monoisotopic (exact) mass is 1330 g/mol. The molecular weight excluding hydrogens is 1220 g/mol. The molecule has 0 aliphatic carbocycles. The minimum absolute atomic E-state index is 0. The lowest BCUT2D eigenvalue weighted by Gasteiger charge is -2.27. The number of carbonyl (C=O) groups excluding carboxylic acids is 5. The van der Waals surface area contributed by atoms with Crippen LogP contribution in [0.15, 0.2) is 71.8 Å². The molecule has 0 aromatic heterocycles. The number of Topliss-reactive ketones (excluding diaryl/α,β-unsaturated/α-hetero) is 2. The number of imide groups is 1. The molecule has 3 rings (SSSR count). The highest BCUT2D eigenvalue weighted by molar-refractivity contribution is 7.85. The van der Waals surface area contributed by atoms with Crippen molar-refractivity contribution in [1.82, 2.24) is 10.2 Å². The van der Waals surface area contributed by atoms with Crippen LogP contribution < -0.4 is 11.1 Å². The minimum Gasteiger partial charge on any atom is -0.475 e. The van der Waals surface area contributed by atoms with Crippen molar-refractivity contribution in [1.29, 1.82) is 0 Å². The van der Waals surface area contributed by atoms with Crippen LogP contribution >= 0.6 is 0 Å². The number of rotatable bonds is 40. The Morgan fingerprint density at radius 3 is 1.47 bits per heavy atom. The van der Waals surface area contributed by atoms with E-state index in [0.717, 1.165) is 42.1 Å². The number of amides is 3. The highest BCUT2D eigenvalue weighted by atomic mass is 32.2. The fourth-order valence-corrected chi connectivity index (χ4v) is 7.46. The number of halogens is 5. The summed E-state index contributed by atoms with van der Waals surface area (Å²) >= 11 is 0. The number of ketones is 2. The van der Waals surface area contributed by atoms with Gasteiger partial charge in [-0.3, -0.25) is 38.1 Å². The lowest BCUT2D eigenvalue weighted by molar-refractivity contribution is -0.192. The summed E-state index contributed by atoms with van der Waals surface area (Å²) in [6, 6.07) is 13.9. The number of carboxylic acids is 1. The summed E-state index contributed by atoms with van der Waals surface area (Å²) in [5.74, 6) is -3.47. The van der Waals surface area contributed by atoms with Crippen LogP contribution in [0.4, 0.5) is 22.0 Å². The van der Waals surface area contributed by atoms with E-state index in [1.165, 1.54) is 50.5 Å². The van der Waals surface area contributed by atoms with E-state index in [1.807, 2.05) is 19.9 Å². The van der Waals surface area contributed by atoms with E-state index < -0.39 is 46.4 Å². The van der Waals surface area contributed by atoms with Gasteiger partial charge in [0.05, 0.1) is 117 Å². The predicted octanol–water partition coefficient (Wildman–Crippen LogP) is 10.00. The molecule has 4 N–H and O–H groups in total. The summed E-state index contributed by atoms with van der Waals surface area (Å²) in [5, 5.41) is 9.80. The number of hydrogen-bond donors (Lipinski definition) is 3. The maximum Gasteiger partial charge on any atom is 0.490 e. The molecule has 2 aromatic carbocycles. The number of aliphatic imine (C=N–C) groups is 1. The van der Waals surface area contributed by atoms with Gasteiger partial charge in [0.1, 0.15) is 23.2 Å². The Morgan fingerprint density at radius 1 is 0.692 bits per heavy atom. The van der Waals surface area contributed by atoms with Gasteiger partial charge in [-0.1, -0.05) is 98.7 Å². The van der Waals surface area contributed by atoms with Gasteiger partial charge in [-0.2, -0.15) is 13.2 Å². The number of benzene rings is 2. The topological polar surface area (TPSA) is 267 Å². The summed E-state index contributed by atoms with van der Waals surface area (Å²) in [5.41, 5.74) is 8.21. The molecule has 2 atom stereocenters. The SMILES string of the molecule is C.C/C=C(\N=C(C)C(C)C(C)(C)C)c1cc(F)ccc1F.CC(=O)CCOCCOCCOCCOCCOCCOCCOCCOCCNC(=O)CCN1C(=O)C=CC1=O.CCCCN.CCCS(=O)CC(C)=O.CCc1ccccc1.O=C(O)C(F)(F)F. The smallest absolute Gasteiger partial charge is 0.475 e. The number of carboxylic acid groups (broad SMARTS) is 1. The van der Waals surface area contributed by atoms with Gasteiger partial charge in [-0.25, -0.2) is 13.6 Å². The van der Waals surface area contributed by atoms with Crippen molar-refractivity contribution in [3.63, 3.8) is 0 Å². The number of aliphatic carboxylic acids is 1. The molecule has 0 saturated carbocycles. The van der Waals surface area contributed by atoms with Crippen molar-refractivity contribution in [3.8, 4) is 0 Å². The summed E-state index contributed by atoms with van der Waals surface area (Å²) in [6.45, 7) is 29.9. The summed E-state index contributed by atoms with van der Waals surface area (Å²) in [4.78, 5) is 70.1. The highest BCUT2D eigenvalue weighted by Crippen LogP contribution is 2.29. The number of aryl methyl sites for hydroxylation is 1. The molecule has 524 valence electrons. The summed E-state index contributed by atoms with van der Waals surface area (Å²) in [6.07, 6.45) is 3.90. The zero-order valence-corrected chi connectivity index (χ0v) is 55.7. The van der Waals surface area contributed by atoms with Gasteiger partial charge in [-0.05, 0) is 88.6 Å². The Morgan fingerprint density at radius 2 is 1.13 bits per heavy atom. The van der Waals surface area contributed by atoms with Crippen LogP contribution in [0.25, 0.3) is 5.70 Å². The first-order valence-corrected chi connectivity index (χ1v) is 31.6. The molecule has 1 aliphatic heterocycles. The summed E-state index contributed by atoms with van der Waals surface area (Å²) in [7, 11) is -0.900. The van der Waals surface area contributed by atoms with Gasteiger partial charge in [0, 0.05) is 65.9 Å². The molecule has 2 unspecified atom stereocenters. The first-order chi connectivity index (χ1) is 42.6. The van der Waals surface area contributed by atoms with E-state index >= 15 is 0 Å². The van der Waals surface area contributed by atoms with Gasteiger partial charge in [0.2, 0.25) is 5.91 Å². The number of alkyl halides is 3. The number of nitrogens with two attached hydrogens (primary N) is 1. The van der Waals surface area contributed by atoms with Crippen molar-refractivity contribution in [3.05, 3.63) is 89.5 Å². The number of hydrogen-bond acceptors (Lipinski definition) is 17. The van der Waals surface area contributed by atoms with Gasteiger partial charge >= 0.3 is 12.1 Å². The van der Waals surface area contributed by atoms with Gasteiger partial charge in [-0.15, -0.1) is 0 Å². The van der Waals surface area contributed by atoms with Crippen LogP contribution in [0.5, 0.6) is 0 Å². The number of nitrogens with zero attached hydrogens (tertiary/aromatic N) is 2. The Hall–Kier alpha value is -5.55. The lowest BCUT2D eigenvalue weighted by atomic mass is 9.79. The van der Waals surface area contributed by atoms with E-state index in [1.54, 1.807) is 13.0 Å². The van der Waals surface area contributed by atoms with E-state index in [4.69, 9.17) is 53.5 Å². The molecule has 91 heavy (non-hydrogen) atoms. The number of unbranched alkanes of at least 4 members (excludes halogenated alkanes) is 1. The van der Waals surface area contributed by atoms with E-state index in [9.17, 15) is 50.1 Å². The maximum absolute atomic E-state index is 13.8. The van der Waals surface area contributed by atoms with E-state index in [2.05, 4.69) is 76.1 Å². The molecule has 2 aromatic rings. The van der Waals surface area contributed by atoms with Crippen molar-refractivity contribution >= 4 is 57.5 Å². The van der Waals surface area contributed by atoms with Crippen molar-refractivity contribution in [2.75, 3.05) is 137 Å². The first-order valence-electron chi connectivity index (χ1n) is 30.1. The molecule has 0 spiro atoms. The fraction of sp³-hybridized carbons (Fsp3) is 0.646. The second kappa shape index (κ2) is 59.5. The molecule has 0 radical (unpaired) electrons. The average molecular weight is 1330 g/mol. The normalized spacial score (nSPS) is 12.6. The van der Waals surface area contributed by atoms with E-state index in [0.29, 0.717) is 130 Å².